The molecule has 13 heteroatoms. The third-order valence-electron chi connectivity index (χ3n) is 6.65. The SMILES string of the molecule is CCc1cc(NC(=O)NCCOC(=O)C(C)C)cc(NC(=O)c2cc(-c3ccc(COO)c(CONC)c3)ccc2C(=O)O)c1. The number of hydroxylamine groups is 1. The number of ether oxygens (including phenoxy) is 1. The van der Waals surface area contributed by atoms with Gasteiger partial charge in [-0.05, 0) is 70.6 Å². The minimum Gasteiger partial charge on any atom is -0.478 e. The number of aryl methyl sites for hydroxylation is 1. The van der Waals surface area contributed by atoms with Crippen LogP contribution in [-0.4, -0.2) is 54.4 Å². The van der Waals surface area contributed by atoms with E-state index in [1.54, 1.807) is 63.4 Å². The molecule has 0 spiro atoms. The predicted molar refractivity (Wildman–Crippen MR) is 167 cm³/mol. The number of urea groups is 1. The van der Waals surface area contributed by atoms with Gasteiger partial charge < -0.3 is 25.8 Å². The quantitative estimate of drug-likeness (QED) is 0.0594. The summed E-state index contributed by atoms with van der Waals surface area (Å²) in [6.07, 6.45) is 0.595. The molecule has 0 saturated heterocycles. The Morgan fingerprint density at radius 3 is 2.18 bits per heavy atom. The molecule has 0 fully saturated rings. The van der Waals surface area contributed by atoms with E-state index >= 15 is 0 Å². The zero-order valence-corrected chi connectivity index (χ0v) is 25.6. The second-order valence-corrected chi connectivity index (χ2v) is 10.2. The number of carbonyl (C=O) groups is 4. The molecule has 0 saturated carbocycles. The van der Waals surface area contributed by atoms with Gasteiger partial charge in [-0.1, -0.05) is 39.0 Å². The number of carboxylic acid groups (broad SMARTS) is 1. The molecule has 0 aliphatic carbocycles. The van der Waals surface area contributed by atoms with Crippen molar-refractivity contribution in [1.82, 2.24) is 10.8 Å². The number of anilines is 2. The van der Waals surface area contributed by atoms with Gasteiger partial charge in [0.15, 0.2) is 0 Å². The zero-order valence-electron chi connectivity index (χ0n) is 25.6. The molecule has 45 heavy (non-hydrogen) atoms. The molecule has 0 aliphatic heterocycles. The highest BCUT2D eigenvalue weighted by Gasteiger charge is 2.19. The summed E-state index contributed by atoms with van der Waals surface area (Å²) in [5.74, 6) is -2.56. The van der Waals surface area contributed by atoms with Crippen LogP contribution in [0.1, 0.15) is 58.2 Å². The number of rotatable bonds is 15. The maximum Gasteiger partial charge on any atom is 0.336 e. The van der Waals surface area contributed by atoms with Crippen LogP contribution < -0.4 is 21.4 Å². The molecule has 0 atom stereocenters. The lowest BCUT2D eigenvalue weighted by Gasteiger charge is -2.15. The monoisotopic (exact) mass is 622 g/mol. The number of carboxylic acids is 1. The summed E-state index contributed by atoms with van der Waals surface area (Å²) in [6, 6.07) is 14.2. The van der Waals surface area contributed by atoms with E-state index in [1.807, 2.05) is 6.92 Å². The van der Waals surface area contributed by atoms with Crippen LogP contribution in [0.25, 0.3) is 11.1 Å². The molecule has 0 aromatic heterocycles. The predicted octanol–water partition coefficient (Wildman–Crippen LogP) is 4.83. The van der Waals surface area contributed by atoms with E-state index in [0.717, 1.165) is 5.56 Å². The molecule has 0 unspecified atom stereocenters. The van der Waals surface area contributed by atoms with Crippen molar-refractivity contribution in [2.75, 3.05) is 30.8 Å². The van der Waals surface area contributed by atoms with Crippen LogP contribution in [-0.2, 0) is 38.9 Å². The van der Waals surface area contributed by atoms with Gasteiger partial charge in [-0.15, -0.1) is 0 Å². The lowest BCUT2D eigenvalue weighted by atomic mass is 9.95. The largest absolute Gasteiger partial charge is 0.478 e. The lowest BCUT2D eigenvalue weighted by molar-refractivity contribution is -0.253. The molecular formula is C32H38N4O9. The average Bonchev–Trinajstić information content (AvgIpc) is 3.01. The summed E-state index contributed by atoms with van der Waals surface area (Å²) < 4.78 is 5.05. The first kappa shape index (κ1) is 34.7. The molecule has 3 rings (SSSR count). The van der Waals surface area contributed by atoms with E-state index in [2.05, 4.69) is 26.3 Å². The van der Waals surface area contributed by atoms with Crippen molar-refractivity contribution in [3.05, 3.63) is 82.4 Å². The lowest BCUT2D eigenvalue weighted by Crippen LogP contribution is -2.32. The molecule has 6 N–H and O–H groups in total. The topological polar surface area (TPSA) is 185 Å². The Hall–Kier alpha value is -4.82. The fourth-order valence-corrected chi connectivity index (χ4v) is 4.30. The minimum absolute atomic E-state index is 0.0258. The van der Waals surface area contributed by atoms with Crippen LogP contribution in [0.2, 0.25) is 0 Å². The van der Waals surface area contributed by atoms with Crippen molar-refractivity contribution >= 4 is 35.3 Å². The minimum atomic E-state index is -1.27. The van der Waals surface area contributed by atoms with Crippen molar-refractivity contribution in [2.24, 2.45) is 5.92 Å². The van der Waals surface area contributed by atoms with Crippen LogP contribution in [0.4, 0.5) is 16.2 Å². The van der Waals surface area contributed by atoms with Gasteiger partial charge in [-0.25, -0.2) is 20.0 Å². The third-order valence-corrected chi connectivity index (χ3v) is 6.65. The van der Waals surface area contributed by atoms with Crippen molar-refractivity contribution in [1.29, 1.82) is 0 Å². The highest BCUT2D eigenvalue weighted by atomic mass is 17.1. The van der Waals surface area contributed by atoms with Gasteiger partial charge in [0.05, 0.1) is 30.2 Å². The summed E-state index contributed by atoms with van der Waals surface area (Å²) in [7, 11) is 1.61. The Kier molecular flexibility index (Phi) is 13.0. The number of hydrogen-bond donors (Lipinski definition) is 6. The molecule has 13 nitrogen and oxygen atoms in total. The van der Waals surface area contributed by atoms with Gasteiger partial charge in [-0.3, -0.25) is 19.7 Å². The number of benzene rings is 3. The summed E-state index contributed by atoms with van der Waals surface area (Å²) >= 11 is 0. The van der Waals surface area contributed by atoms with Crippen molar-refractivity contribution < 1.29 is 44.0 Å². The smallest absolute Gasteiger partial charge is 0.336 e. The molecule has 3 amide bonds. The van der Waals surface area contributed by atoms with Gasteiger partial charge in [0.25, 0.3) is 5.91 Å². The van der Waals surface area contributed by atoms with E-state index in [4.69, 9.17) is 14.8 Å². The van der Waals surface area contributed by atoms with Crippen LogP contribution in [0.5, 0.6) is 0 Å². The van der Waals surface area contributed by atoms with Gasteiger partial charge in [0.2, 0.25) is 0 Å². The molecule has 3 aromatic carbocycles. The van der Waals surface area contributed by atoms with Gasteiger partial charge in [-0.2, -0.15) is 0 Å². The Morgan fingerprint density at radius 1 is 0.844 bits per heavy atom. The fraction of sp³-hybridized carbons (Fsp3) is 0.312. The number of nitrogens with one attached hydrogen (secondary N) is 4. The van der Waals surface area contributed by atoms with E-state index in [-0.39, 0.29) is 49.4 Å². The van der Waals surface area contributed by atoms with Crippen molar-refractivity contribution in [3.8, 4) is 11.1 Å². The molecule has 0 radical (unpaired) electrons. The fourth-order valence-electron chi connectivity index (χ4n) is 4.30. The Balaban J connectivity index is 1.83. The molecule has 3 aromatic rings. The number of esters is 1. The normalized spacial score (nSPS) is 10.8. The molecule has 0 heterocycles. The van der Waals surface area contributed by atoms with Gasteiger partial charge >= 0.3 is 18.0 Å². The van der Waals surface area contributed by atoms with Crippen LogP contribution in [0.15, 0.2) is 54.6 Å². The highest BCUT2D eigenvalue weighted by molar-refractivity contribution is 6.11. The van der Waals surface area contributed by atoms with E-state index < -0.39 is 17.9 Å². The second kappa shape index (κ2) is 16.9. The van der Waals surface area contributed by atoms with Crippen LogP contribution in [0.3, 0.4) is 0 Å². The van der Waals surface area contributed by atoms with E-state index in [1.165, 1.54) is 12.1 Å². The molecule has 0 bridgehead atoms. The van der Waals surface area contributed by atoms with Crippen LogP contribution >= 0.6 is 0 Å². The Labute approximate surface area is 260 Å². The number of amides is 3. The highest BCUT2D eigenvalue weighted by Crippen LogP contribution is 2.27. The zero-order chi connectivity index (χ0) is 32.9. The van der Waals surface area contributed by atoms with Crippen molar-refractivity contribution in [2.45, 2.75) is 40.4 Å². The number of carbonyl (C=O) groups excluding carboxylic acids is 3. The Bertz CT molecular complexity index is 1520. The summed E-state index contributed by atoms with van der Waals surface area (Å²) in [6.45, 7) is 5.58. The van der Waals surface area contributed by atoms with E-state index in [0.29, 0.717) is 40.0 Å². The summed E-state index contributed by atoms with van der Waals surface area (Å²) in [4.78, 5) is 59.1. The van der Waals surface area contributed by atoms with Crippen molar-refractivity contribution in [3.63, 3.8) is 0 Å². The van der Waals surface area contributed by atoms with Gasteiger partial charge in [0, 0.05) is 18.4 Å². The maximum absolute atomic E-state index is 13.5. The number of hydrogen-bond acceptors (Lipinski definition) is 9. The van der Waals surface area contributed by atoms with Gasteiger partial charge in [0.1, 0.15) is 13.2 Å². The Morgan fingerprint density at radius 2 is 1.53 bits per heavy atom. The summed E-state index contributed by atoms with van der Waals surface area (Å²) in [5.41, 5.74) is 6.54. The van der Waals surface area contributed by atoms with E-state index in [9.17, 15) is 24.3 Å². The summed E-state index contributed by atoms with van der Waals surface area (Å²) in [5, 5.41) is 26.8. The second-order valence-electron chi connectivity index (χ2n) is 10.2. The molecule has 0 aliphatic rings. The first-order chi connectivity index (χ1) is 21.6. The molecule has 240 valence electrons. The standard InChI is InChI=1S/C32H38N4O9/c1-5-20-12-25(16-26(13-20)36-32(41)34-10-11-43-31(40)19(2)3)35-29(37)28-15-22(8-9-27(28)30(38)39)21-6-7-23(18-45-42)24(14-21)17-44-33-4/h6-9,12-16,19,33,42H,5,10-11,17-18H2,1-4H3,(H,35,37)(H,38,39)(H2,34,36,41). The third kappa shape index (κ3) is 10.1. The number of aromatic carboxylic acids is 1. The maximum atomic E-state index is 13.5. The molecular weight excluding hydrogens is 584 g/mol. The van der Waals surface area contributed by atoms with Crippen LogP contribution in [0, 0.1) is 5.92 Å². The average molecular weight is 623 g/mol. The first-order valence-corrected chi connectivity index (χ1v) is 14.3. The first-order valence-electron chi connectivity index (χ1n) is 14.3.